The van der Waals surface area contributed by atoms with Crippen molar-refractivity contribution in [3.63, 3.8) is 0 Å². The van der Waals surface area contributed by atoms with Gasteiger partial charge in [0.2, 0.25) is 0 Å². The van der Waals surface area contributed by atoms with Crippen LogP contribution in [0.15, 0.2) is 48.5 Å². The lowest BCUT2D eigenvalue weighted by Crippen LogP contribution is -2.51. The van der Waals surface area contributed by atoms with Crippen molar-refractivity contribution in [2.75, 3.05) is 33.3 Å². The van der Waals surface area contributed by atoms with Crippen LogP contribution in [0.25, 0.3) is 0 Å². The fourth-order valence-electron chi connectivity index (χ4n) is 3.49. The lowest BCUT2D eigenvalue weighted by Gasteiger charge is -2.35. The molecule has 0 aromatic heterocycles. The standard InChI is InChI=1S/C22H29N3O3/c1-17(18-8-5-9-21(14-18)28-2)23-22(27)25-12-10-24(11-13-25)15-19-6-3-4-7-20(19)16-26/h3-9,14,17,26H,10-13,15-16H2,1-2H3,(H,23,27). The van der Waals surface area contributed by atoms with E-state index in [9.17, 15) is 9.90 Å². The van der Waals surface area contributed by atoms with Crippen molar-refractivity contribution in [3.05, 3.63) is 65.2 Å². The highest BCUT2D eigenvalue weighted by molar-refractivity contribution is 5.74. The summed E-state index contributed by atoms with van der Waals surface area (Å²) in [6.07, 6.45) is 0. The summed E-state index contributed by atoms with van der Waals surface area (Å²) in [7, 11) is 1.64. The molecule has 1 aliphatic heterocycles. The molecule has 1 fully saturated rings. The predicted octanol–water partition coefficient (Wildman–Crippen LogP) is 2.78. The third-order valence-corrected chi connectivity index (χ3v) is 5.28. The molecular formula is C22H29N3O3. The first-order chi connectivity index (χ1) is 13.6. The maximum atomic E-state index is 12.6. The number of ether oxygens (including phenoxy) is 1. The molecular weight excluding hydrogens is 354 g/mol. The molecule has 6 nitrogen and oxygen atoms in total. The first kappa shape index (κ1) is 20.2. The molecule has 2 aromatic carbocycles. The van der Waals surface area contributed by atoms with Crippen molar-refractivity contribution < 1.29 is 14.6 Å². The van der Waals surface area contributed by atoms with E-state index in [1.165, 1.54) is 0 Å². The average molecular weight is 383 g/mol. The number of carbonyl (C=O) groups is 1. The minimum Gasteiger partial charge on any atom is -0.497 e. The number of rotatable bonds is 6. The average Bonchev–Trinajstić information content (AvgIpc) is 2.74. The van der Waals surface area contributed by atoms with E-state index < -0.39 is 0 Å². The Hall–Kier alpha value is -2.57. The van der Waals surface area contributed by atoms with E-state index in [-0.39, 0.29) is 18.7 Å². The SMILES string of the molecule is COc1cccc(C(C)NC(=O)N2CCN(Cc3ccccc3CO)CC2)c1. The van der Waals surface area contributed by atoms with Crippen LogP contribution in [0.5, 0.6) is 5.75 Å². The number of methoxy groups -OCH3 is 1. The summed E-state index contributed by atoms with van der Waals surface area (Å²) >= 11 is 0. The van der Waals surface area contributed by atoms with Crippen molar-refractivity contribution in [2.24, 2.45) is 0 Å². The lowest BCUT2D eigenvalue weighted by molar-refractivity contribution is 0.133. The monoisotopic (exact) mass is 383 g/mol. The summed E-state index contributed by atoms with van der Waals surface area (Å²) in [4.78, 5) is 16.8. The molecule has 0 radical (unpaired) electrons. The number of nitrogens with one attached hydrogen (secondary N) is 1. The molecule has 0 spiro atoms. The summed E-state index contributed by atoms with van der Waals surface area (Å²) in [6, 6.07) is 15.6. The number of piperazine rings is 1. The van der Waals surface area contributed by atoms with Crippen LogP contribution in [0.4, 0.5) is 4.79 Å². The highest BCUT2D eigenvalue weighted by atomic mass is 16.5. The van der Waals surface area contributed by atoms with Gasteiger partial charge in [-0.2, -0.15) is 0 Å². The number of benzene rings is 2. The number of carbonyl (C=O) groups excluding carboxylic acids is 1. The fraction of sp³-hybridized carbons (Fsp3) is 0.409. The highest BCUT2D eigenvalue weighted by Crippen LogP contribution is 2.19. The summed E-state index contributed by atoms with van der Waals surface area (Å²) in [6.45, 7) is 5.86. The van der Waals surface area contributed by atoms with Gasteiger partial charge in [-0.25, -0.2) is 4.79 Å². The van der Waals surface area contributed by atoms with Gasteiger partial charge < -0.3 is 20.1 Å². The first-order valence-electron chi connectivity index (χ1n) is 9.70. The Morgan fingerprint density at radius 1 is 1.11 bits per heavy atom. The second kappa shape index (κ2) is 9.57. The molecule has 1 heterocycles. The molecule has 28 heavy (non-hydrogen) atoms. The molecule has 0 bridgehead atoms. The Morgan fingerprint density at radius 3 is 2.50 bits per heavy atom. The van der Waals surface area contributed by atoms with E-state index in [0.717, 1.165) is 42.1 Å². The van der Waals surface area contributed by atoms with Gasteiger partial charge in [-0.15, -0.1) is 0 Å². The van der Waals surface area contributed by atoms with Gasteiger partial charge in [-0.05, 0) is 35.7 Å². The van der Waals surface area contributed by atoms with Crippen molar-refractivity contribution in [3.8, 4) is 5.75 Å². The summed E-state index contributed by atoms with van der Waals surface area (Å²) in [5, 5.41) is 12.6. The molecule has 0 saturated carbocycles. The maximum absolute atomic E-state index is 12.6. The van der Waals surface area contributed by atoms with Gasteiger partial charge in [0.15, 0.2) is 0 Å². The zero-order valence-corrected chi connectivity index (χ0v) is 16.6. The van der Waals surface area contributed by atoms with Crippen LogP contribution in [-0.2, 0) is 13.2 Å². The van der Waals surface area contributed by atoms with Gasteiger partial charge in [0.05, 0.1) is 19.8 Å². The van der Waals surface area contributed by atoms with Crippen molar-refractivity contribution in [1.29, 1.82) is 0 Å². The zero-order chi connectivity index (χ0) is 19.9. The Morgan fingerprint density at radius 2 is 1.82 bits per heavy atom. The predicted molar refractivity (Wildman–Crippen MR) is 109 cm³/mol. The summed E-state index contributed by atoms with van der Waals surface area (Å²) in [5.41, 5.74) is 3.14. The summed E-state index contributed by atoms with van der Waals surface area (Å²) in [5.74, 6) is 0.787. The molecule has 6 heteroatoms. The van der Waals surface area contributed by atoms with Gasteiger partial charge >= 0.3 is 6.03 Å². The van der Waals surface area contributed by atoms with E-state index in [1.54, 1.807) is 7.11 Å². The van der Waals surface area contributed by atoms with Crippen molar-refractivity contribution >= 4 is 6.03 Å². The van der Waals surface area contributed by atoms with E-state index in [1.807, 2.05) is 54.3 Å². The molecule has 1 saturated heterocycles. The Labute approximate surface area is 166 Å². The topological polar surface area (TPSA) is 65.0 Å². The molecule has 2 aromatic rings. The number of urea groups is 1. The third kappa shape index (κ3) is 5.03. The number of aliphatic hydroxyl groups is 1. The van der Waals surface area contributed by atoms with E-state index in [4.69, 9.17) is 4.74 Å². The van der Waals surface area contributed by atoms with Gasteiger partial charge in [0.25, 0.3) is 0 Å². The normalized spacial score (nSPS) is 15.9. The maximum Gasteiger partial charge on any atom is 0.317 e. The minimum absolute atomic E-state index is 0.0364. The molecule has 2 N–H and O–H groups in total. The number of nitrogens with zero attached hydrogens (tertiary/aromatic N) is 2. The smallest absolute Gasteiger partial charge is 0.317 e. The Balaban J connectivity index is 1.50. The van der Waals surface area contributed by atoms with Gasteiger partial charge in [-0.3, -0.25) is 4.90 Å². The summed E-state index contributed by atoms with van der Waals surface area (Å²) < 4.78 is 5.26. The van der Waals surface area contributed by atoms with E-state index in [0.29, 0.717) is 13.1 Å². The second-order valence-corrected chi connectivity index (χ2v) is 7.14. The highest BCUT2D eigenvalue weighted by Gasteiger charge is 2.23. The fourth-order valence-corrected chi connectivity index (χ4v) is 3.49. The largest absolute Gasteiger partial charge is 0.497 e. The quantitative estimate of drug-likeness (QED) is 0.805. The number of amides is 2. The number of hydrogen-bond donors (Lipinski definition) is 2. The van der Waals surface area contributed by atoms with Crippen LogP contribution in [-0.4, -0.2) is 54.2 Å². The third-order valence-electron chi connectivity index (χ3n) is 5.28. The molecule has 0 aliphatic carbocycles. The molecule has 150 valence electrons. The van der Waals surface area contributed by atoms with Crippen LogP contribution in [0.1, 0.15) is 29.7 Å². The molecule has 1 unspecified atom stereocenters. The Kier molecular flexibility index (Phi) is 6.90. The molecule has 3 rings (SSSR count). The molecule has 2 amide bonds. The van der Waals surface area contributed by atoms with Gasteiger partial charge in [-0.1, -0.05) is 36.4 Å². The zero-order valence-electron chi connectivity index (χ0n) is 16.6. The lowest BCUT2D eigenvalue weighted by atomic mass is 10.1. The van der Waals surface area contributed by atoms with Crippen LogP contribution < -0.4 is 10.1 Å². The number of aliphatic hydroxyl groups excluding tert-OH is 1. The van der Waals surface area contributed by atoms with E-state index in [2.05, 4.69) is 16.3 Å². The van der Waals surface area contributed by atoms with Crippen molar-refractivity contribution in [2.45, 2.75) is 26.1 Å². The molecule has 1 atom stereocenters. The minimum atomic E-state index is -0.0861. The van der Waals surface area contributed by atoms with Crippen LogP contribution >= 0.6 is 0 Å². The van der Waals surface area contributed by atoms with Crippen molar-refractivity contribution in [1.82, 2.24) is 15.1 Å². The van der Waals surface area contributed by atoms with Crippen LogP contribution in [0.2, 0.25) is 0 Å². The van der Waals surface area contributed by atoms with Crippen LogP contribution in [0.3, 0.4) is 0 Å². The van der Waals surface area contributed by atoms with Crippen LogP contribution in [0, 0.1) is 0 Å². The van der Waals surface area contributed by atoms with Gasteiger partial charge in [0, 0.05) is 32.7 Å². The second-order valence-electron chi connectivity index (χ2n) is 7.14. The first-order valence-corrected chi connectivity index (χ1v) is 9.70. The molecule has 1 aliphatic rings. The van der Waals surface area contributed by atoms with E-state index >= 15 is 0 Å². The number of hydrogen-bond acceptors (Lipinski definition) is 4. The van der Waals surface area contributed by atoms with Gasteiger partial charge in [0.1, 0.15) is 5.75 Å². The Bertz CT molecular complexity index is 788.